The van der Waals surface area contributed by atoms with E-state index in [0.717, 1.165) is 18.0 Å². The minimum Gasteiger partial charge on any atom is -0.342 e. The van der Waals surface area contributed by atoms with Gasteiger partial charge in [-0.3, -0.25) is 4.90 Å². The highest BCUT2D eigenvalue weighted by atomic mass is 32.1. The predicted octanol–water partition coefficient (Wildman–Crippen LogP) is 3.51. The monoisotopic (exact) mass is 325 g/mol. The van der Waals surface area contributed by atoms with Crippen LogP contribution in [0.1, 0.15) is 23.6 Å². The van der Waals surface area contributed by atoms with E-state index >= 15 is 0 Å². The summed E-state index contributed by atoms with van der Waals surface area (Å²) in [4.78, 5) is 16.7. The van der Waals surface area contributed by atoms with Crippen LogP contribution in [-0.2, 0) is 13.1 Å². The summed E-state index contributed by atoms with van der Waals surface area (Å²) in [6, 6.07) is 8.49. The smallest absolute Gasteiger partial charge is 0.325 e. The van der Waals surface area contributed by atoms with Gasteiger partial charge in [0, 0.05) is 36.7 Å². The third kappa shape index (κ3) is 1.96. The molecule has 2 amide bonds. The number of hydrogen-bond acceptors (Lipinski definition) is 2. The molecule has 0 aliphatic carbocycles. The Morgan fingerprint density at radius 3 is 2.96 bits per heavy atom. The number of likely N-dealkylation sites (N-methyl/N-ethyl adjacent to an activating group) is 1. The molecule has 1 aromatic carbocycles. The van der Waals surface area contributed by atoms with Crippen molar-refractivity contribution in [1.82, 2.24) is 14.4 Å². The van der Waals surface area contributed by atoms with Gasteiger partial charge in [-0.15, -0.1) is 6.58 Å². The number of fused-ring (bicyclic) bond motifs is 6. The van der Waals surface area contributed by atoms with Gasteiger partial charge >= 0.3 is 6.03 Å². The van der Waals surface area contributed by atoms with Crippen LogP contribution in [0.3, 0.4) is 0 Å². The molecule has 1 saturated heterocycles. The molecule has 0 radical (unpaired) electrons. The van der Waals surface area contributed by atoms with Crippen molar-refractivity contribution in [2.45, 2.75) is 25.4 Å². The van der Waals surface area contributed by atoms with Crippen LogP contribution in [0.15, 0.2) is 36.9 Å². The number of thiocarbonyl (C=S) groups is 1. The van der Waals surface area contributed by atoms with E-state index in [4.69, 9.17) is 12.2 Å². The van der Waals surface area contributed by atoms with E-state index in [1.807, 2.05) is 11.0 Å². The molecule has 5 heteroatoms. The SMILES string of the molecule is C=CCCn1c2c(c3ccccc31)C1CN(C2)C(=O)N(C)C1=S. The molecule has 2 bridgehead atoms. The molecule has 0 saturated carbocycles. The molecule has 2 aliphatic rings. The number of para-hydroxylation sites is 1. The molecular weight excluding hydrogens is 306 g/mol. The number of carbonyl (C=O) groups excluding carboxylic acids is 1. The van der Waals surface area contributed by atoms with Gasteiger partial charge in [-0.25, -0.2) is 4.79 Å². The standard InChI is InChI=1S/C18H19N3OS/c1-3-4-9-21-14-8-6-5-7-12(14)16-13-10-20(11-15(16)21)18(22)19(2)17(13)23/h3,5-8,13H,1,4,9-11H2,2H3. The number of amides is 2. The second-order valence-electron chi connectivity index (χ2n) is 6.22. The van der Waals surface area contributed by atoms with E-state index in [9.17, 15) is 4.79 Å². The number of aryl methyl sites for hydroxylation is 1. The van der Waals surface area contributed by atoms with E-state index in [2.05, 4.69) is 35.4 Å². The Labute approximate surface area is 141 Å². The van der Waals surface area contributed by atoms with Crippen molar-refractivity contribution in [1.29, 1.82) is 0 Å². The molecule has 2 aromatic rings. The van der Waals surface area contributed by atoms with Gasteiger partial charge in [-0.2, -0.15) is 0 Å². The number of carbonyl (C=O) groups is 1. The minimum atomic E-state index is 0.0115. The number of allylic oxidation sites excluding steroid dienone is 1. The Morgan fingerprint density at radius 2 is 2.17 bits per heavy atom. The second kappa shape index (κ2) is 5.20. The maximum Gasteiger partial charge on any atom is 0.325 e. The van der Waals surface area contributed by atoms with Gasteiger partial charge in [0.2, 0.25) is 0 Å². The maximum absolute atomic E-state index is 12.4. The third-order valence-corrected chi connectivity index (χ3v) is 5.52. The first-order valence-corrected chi connectivity index (χ1v) is 8.31. The Balaban J connectivity index is 1.96. The third-order valence-electron chi connectivity index (χ3n) is 4.96. The largest absolute Gasteiger partial charge is 0.342 e. The first kappa shape index (κ1) is 14.5. The van der Waals surface area contributed by atoms with Crippen molar-refractivity contribution < 1.29 is 4.79 Å². The summed E-state index contributed by atoms with van der Waals surface area (Å²) in [6.45, 7) is 6.08. The number of aromatic nitrogens is 1. The van der Waals surface area contributed by atoms with Gasteiger partial charge in [-0.05, 0) is 18.1 Å². The van der Waals surface area contributed by atoms with Crippen LogP contribution in [0, 0.1) is 0 Å². The Morgan fingerprint density at radius 1 is 1.39 bits per heavy atom. The molecule has 4 rings (SSSR count). The molecule has 2 aliphatic heterocycles. The summed E-state index contributed by atoms with van der Waals surface area (Å²) in [6.07, 6.45) is 2.85. The fourth-order valence-electron chi connectivity index (χ4n) is 3.86. The van der Waals surface area contributed by atoms with E-state index in [-0.39, 0.29) is 11.9 Å². The van der Waals surface area contributed by atoms with E-state index < -0.39 is 0 Å². The lowest BCUT2D eigenvalue weighted by Gasteiger charge is -2.42. The number of benzene rings is 1. The van der Waals surface area contributed by atoms with Gasteiger partial charge < -0.3 is 9.47 Å². The second-order valence-corrected chi connectivity index (χ2v) is 6.64. The lowest BCUT2D eigenvalue weighted by Crippen LogP contribution is -2.55. The van der Waals surface area contributed by atoms with Crippen LogP contribution < -0.4 is 0 Å². The minimum absolute atomic E-state index is 0.0115. The highest BCUT2D eigenvalue weighted by Gasteiger charge is 2.42. The van der Waals surface area contributed by atoms with Crippen LogP contribution in [0.4, 0.5) is 4.79 Å². The van der Waals surface area contributed by atoms with Crippen molar-refractivity contribution in [2.24, 2.45) is 0 Å². The molecule has 1 atom stereocenters. The van der Waals surface area contributed by atoms with Crippen LogP contribution in [0.2, 0.25) is 0 Å². The van der Waals surface area contributed by atoms with Crippen molar-refractivity contribution in [3.63, 3.8) is 0 Å². The molecule has 3 heterocycles. The van der Waals surface area contributed by atoms with Crippen molar-refractivity contribution in [3.05, 3.63) is 48.2 Å². The first-order chi connectivity index (χ1) is 11.1. The summed E-state index contributed by atoms with van der Waals surface area (Å²) in [5.74, 6) is 0.117. The highest BCUT2D eigenvalue weighted by molar-refractivity contribution is 7.80. The maximum atomic E-state index is 12.4. The Hall–Kier alpha value is -2.14. The molecule has 4 nitrogen and oxygen atoms in total. The fraction of sp³-hybridized carbons (Fsp3) is 0.333. The molecule has 1 unspecified atom stereocenters. The van der Waals surface area contributed by atoms with E-state index in [1.54, 1.807) is 11.9 Å². The van der Waals surface area contributed by atoms with Gasteiger partial charge in [0.1, 0.15) is 0 Å². The molecule has 23 heavy (non-hydrogen) atoms. The lowest BCUT2D eigenvalue weighted by atomic mass is 9.89. The zero-order valence-electron chi connectivity index (χ0n) is 13.2. The normalized spacial score (nSPS) is 20.1. The van der Waals surface area contributed by atoms with Crippen LogP contribution >= 0.6 is 12.2 Å². The summed E-state index contributed by atoms with van der Waals surface area (Å²) in [7, 11) is 1.78. The van der Waals surface area contributed by atoms with Gasteiger partial charge in [-0.1, -0.05) is 36.5 Å². The molecule has 0 spiro atoms. The van der Waals surface area contributed by atoms with Crippen LogP contribution in [-0.4, -0.2) is 39.0 Å². The number of urea groups is 1. The molecule has 0 N–H and O–H groups in total. The number of hydrogen-bond donors (Lipinski definition) is 0. The number of rotatable bonds is 3. The Kier molecular flexibility index (Phi) is 3.27. The van der Waals surface area contributed by atoms with Gasteiger partial charge in [0.15, 0.2) is 0 Å². The average Bonchev–Trinajstić information content (AvgIpc) is 2.89. The van der Waals surface area contributed by atoms with Crippen molar-refractivity contribution >= 4 is 34.1 Å². The molecular formula is C18H19N3OS. The molecule has 118 valence electrons. The molecule has 1 fully saturated rings. The lowest BCUT2D eigenvalue weighted by molar-refractivity contribution is 0.160. The average molecular weight is 325 g/mol. The van der Waals surface area contributed by atoms with E-state index in [1.165, 1.54) is 22.2 Å². The topological polar surface area (TPSA) is 28.5 Å². The van der Waals surface area contributed by atoms with Gasteiger partial charge in [0.05, 0.1) is 17.5 Å². The fourth-order valence-corrected chi connectivity index (χ4v) is 4.13. The van der Waals surface area contributed by atoms with Crippen molar-refractivity contribution in [3.8, 4) is 0 Å². The highest BCUT2D eigenvalue weighted by Crippen LogP contribution is 2.40. The van der Waals surface area contributed by atoms with Crippen molar-refractivity contribution in [2.75, 3.05) is 13.6 Å². The zero-order chi connectivity index (χ0) is 16.1. The number of nitrogens with zero attached hydrogens (tertiary/aromatic N) is 3. The first-order valence-electron chi connectivity index (χ1n) is 7.91. The Bertz CT molecular complexity index is 838. The zero-order valence-corrected chi connectivity index (χ0v) is 14.0. The van der Waals surface area contributed by atoms with Gasteiger partial charge in [0.25, 0.3) is 0 Å². The van der Waals surface area contributed by atoms with Crippen LogP contribution in [0.25, 0.3) is 10.9 Å². The quantitative estimate of drug-likeness (QED) is 0.638. The summed E-state index contributed by atoms with van der Waals surface area (Å²) in [5.41, 5.74) is 3.77. The molecule has 1 aromatic heterocycles. The summed E-state index contributed by atoms with van der Waals surface area (Å²) >= 11 is 5.60. The predicted molar refractivity (Wildman–Crippen MR) is 95.7 cm³/mol. The van der Waals surface area contributed by atoms with E-state index in [0.29, 0.717) is 13.1 Å². The van der Waals surface area contributed by atoms with Crippen LogP contribution in [0.5, 0.6) is 0 Å². The summed E-state index contributed by atoms with van der Waals surface area (Å²) in [5, 5.41) is 1.27. The summed E-state index contributed by atoms with van der Waals surface area (Å²) < 4.78 is 2.34.